The van der Waals surface area contributed by atoms with Crippen LogP contribution in [0.15, 0.2) is 18.2 Å². The van der Waals surface area contributed by atoms with Gasteiger partial charge in [0.15, 0.2) is 0 Å². The Bertz CT molecular complexity index is 366. The van der Waals surface area contributed by atoms with Crippen molar-refractivity contribution in [2.45, 2.75) is 18.4 Å². The van der Waals surface area contributed by atoms with Crippen LogP contribution >= 0.6 is 15.9 Å². The second-order valence-corrected chi connectivity index (χ2v) is 7.75. The van der Waals surface area contributed by atoms with Gasteiger partial charge >= 0.3 is 0 Å². The fourth-order valence-corrected chi connectivity index (χ4v) is 2.52. The summed E-state index contributed by atoms with van der Waals surface area (Å²) >= 11 is 3.57. The molecular formula is C15H27BrN2+2. The number of hydrogen-bond acceptors (Lipinski definition) is 0. The molecule has 0 saturated heterocycles. The molecule has 0 aliphatic rings. The van der Waals surface area contributed by atoms with Crippen LogP contribution in [0.4, 0.5) is 0 Å². The van der Waals surface area contributed by atoms with Gasteiger partial charge in [0, 0.05) is 16.5 Å². The molecule has 0 saturated carbocycles. The van der Waals surface area contributed by atoms with Gasteiger partial charge in [-0.3, -0.25) is 0 Å². The lowest BCUT2D eigenvalue weighted by atomic mass is 10.0. The summed E-state index contributed by atoms with van der Waals surface area (Å²) in [6.45, 7) is 2.15. The maximum atomic E-state index is 3.57. The molecule has 1 rings (SSSR count). The molecule has 0 atom stereocenters. The Morgan fingerprint density at radius 3 is 1.33 bits per heavy atom. The highest BCUT2D eigenvalue weighted by Gasteiger charge is 2.13. The first kappa shape index (κ1) is 15.7. The maximum Gasteiger partial charge on any atom is 0.104 e. The van der Waals surface area contributed by atoms with E-state index < -0.39 is 0 Å². The predicted octanol–water partition coefficient (Wildman–Crippen LogP) is 2.99. The van der Waals surface area contributed by atoms with Crippen LogP contribution in [0, 0.1) is 0 Å². The zero-order chi connectivity index (χ0) is 14.0. The minimum absolute atomic E-state index is 0.933. The monoisotopic (exact) mass is 314 g/mol. The zero-order valence-electron chi connectivity index (χ0n) is 12.6. The van der Waals surface area contributed by atoms with E-state index >= 15 is 0 Å². The van der Waals surface area contributed by atoms with E-state index in [4.69, 9.17) is 0 Å². The van der Waals surface area contributed by atoms with Crippen LogP contribution in [0.3, 0.4) is 0 Å². The van der Waals surface area contributed by atoms with E-state index in [1.807, 2.05) is 0 Å². The molecule has 0 radical (unpaired) electrons. The van der Waals surface area contributed by atoms with Crippen LogP contribution in [0.5, 0.6) is 0 Å². The highest BCUT2D eigenvalue weighted by molar-refractivity contribution is 9.08. The number of alkyl halides is 1. The van der Waals surface area contributed by atoms with Gasteiger partial charge in [-0.05, 0) is 23.8 Å². The van der Waals surface area contributed by atoms with Gasteiger partial charge in [0.2, 0.25) is 0 Å². The van der Waals surface area contributed by atoms with Crippen LogP contribution < -0.4 is 0 Å². The zero-order valence-corrected chi connectivity index (χ0v) is 14.2. The van der Waals surface area contributed by atoms with E-state index in [0.717, 1.165) is 27.4 Å². The van der Waals surface area contributed by atoms with E-state index in [9.17, 15) is 0 Å². The molecule has 1 aromatic rings. The van der Waals surface area contributed by atoms with E-state index in [2.05, 4.69) is 76.4 Å². The highest BCUT2D eigenvalue weighted by atomic mass is 79.9. The van der Waals surface area contributed by atoms with Gasteiger partial charge in [-0.1, -0.05) is 15.9 Å². The smallest absolute Gasteiger partial charge is 0.104 e. The molecule has 0 fully saturated rings. The average molecular weight is 315 g/mol. The number of hydrogen-bond donors (Lipinski definition) is 0. The summed E-state index contributed by atoms with van der Waals surface area (Å²) < 4.78 is 1.94. The Morgan fingerprint density at radius 2 is 1.06 bits per heavy atom. The third-order valence-electron chi connectivity index (χ3n) is 2.58. The SMILES string of the molecule is C[N+](C)(C)Cc1cc(CBr)cc(C[N+](C)(C)C)c1. The topological polar surface area (TPSA) is 0 Å². The highest BCUT2D eigenvalue weighted by Crippen LogP contribution is 2.18. The molecule has 0 aliphatic heterocycles. The summed E-state index contributed by atoms with van der Waals surface area (Å²) in [7, 11) is 13.4. The lowest BCUT2D eigenvalue weighted by Gasteiger charge is -2.26. The van der Waals surface area contributed by atoms with Gasteiger partial charge in [-0.2, -0.15) is 0 Å². The Labute approximate surface area is 121 Å². The van der Waals surface area contributed by atoms with Crippen molar-refractivity contribution in [3.8, 4) is 0 Å². The number of rotatable bonds is 5. The Balaban J connectivity index is 3.02. The van der Waals surface area contributed by atoms with Gasteiger partial charge in [0.05, 0.1) is 42.3 Å². The fourth-order valence-electron chi connectivity index (χ4n) is 2.19. The van der Waals surface area contributed by atoms with Crippen LogP contribution in [0.25, 0.3) is 0 Å². The van der Waals surface area contributed by atoms with Crippen molar-refractivity contribution in [1.29, 1.82) is 0 Å². The number of benzene rings is 1. The first-order chi connectivity index (χ1) is 8.09. The van der Waals surface area contributed by atoms with Crippen molar-refractivity contribution in [2.24, 2.45) is 0 Å². The molecule has 3 heteroatoms. The minimum Gasteiger partial charge on any atom is -0.327 e. The predicted molar refractivity (Wildman–Crippen MR) is 82.5 cm³/mol. The molecule has 102 valence electrons. The second-order valence-electron chi connectivity index (χ2n) is 7.19. The molecule has 2 nitrogen and oxygen atoms in total. The molecule has 0 bridgehead atoms. The first-order valence-electron chi connectivity index (χ1n) is 6.38. The van der Waals surface area contributed by atoms with Crippen molar-refractivity contribution in [3.05, 3.63) is 34.9 Å². The third kappa shape index (κ3) is 5.98. The van der Waals surface area contributed by atoms with E-state index in [0.29, 0.717) is 0 Å². The number of halogens is 1. The van der Waals surface area contributed by atoms with Gasteiger partial charge in [-0.25, -0.2) is 0 Å². The van der Waals surface area contributed by atoms with Crippen molar-refractivity contribution in [3.63, 3.8) is 0 Å². The maximum absolute atomic E-state index is 3.57. The summed E-state index contributed by atoms with van der Waals surface area (Å²) in [6.07, 6.45) is 0. The first-order valence-corrected chi connectivity index (χ1v) is 7.50. The Hall–Kier alpha value is -0.380. The summed E-state index contributed by atoms with van der Waals surface area (Å²) in [6, 6.07) is 6.99. The normalized spacial score (nSPS) is 12.8. The minimum atomic E-state index is 0.933. The Kier molecular flexibility index (Phi) is 4.98. The van der Waals surface area contributed by atoms with Crippen molar-refractivity contribution < 1.29 is 8.97 Å². The van der Waals surface area contributed by atoms with Crippen molar-refractivity contribution in [1.82, 2.24) is 0 Å². The van der Waals surface area contributed by atoms with E-state index in [1.165, 1.54) is 16.7 Å². The molecular weight excluding hydrogens is 288 g/mol. The summed E-state index contributed by atoms with van der Waals surface area (Å²) in [5.41, 5.74) is 4.25. The number of nitrogens with zero attached hydrogens (tertiary/aromatic N) is 2. The largest absolute Gasteiger partial charge is 0.327 e. The van der Waals surface area contributed by atoms with Gasteiger partial charge in [0.25, 0.3) is 0 Å². The third-order valence-corrected chi connectivity index (χ3v) is 3.23. The van der Waals surface area contributed by atoms with Gasteiger partial charge < -0.3 is 8.97 Å². The number of quaternary nitrogens is 2. The molecule has 0 N–H and O–H groups in total. The molecule has 0 spiro atoms. The van der Waals surface area contributed by atoms with Gasteiger partial charge in [-0.15, -0.1) is 0 Å². The van der Waals surface area contributed by atoms with E-state index in [1.54, 1.807) is 0 Å². The summed E-state index contributed by atoms with van der Waals surface area (Å²) in [5.74, 6) is 0. The average Bonchev–Trinajstić information content (AvgIpc) is 2.11. The lowest BCUT2D eigenvalue weighted by molar-refractivity contribution is -0.884. The Morgan fingerprint density at radius 1 is 0.722 bits per heavy atom. The lowest BCUT2D eigenvalue weighted by Crippen LogP contribution is -2.34. The standard InChI is InChI=1S/C15H27BrN2/c1-17(2,3)11-14-7-13(10-16)8-15(9-14)12-18(4,5)6/h7-9H,10-12H2,1-6H3/q+2. The molecule has 18 heavy (non-hydrogen) atoms. The van der Waals surface area contributed by atoms with Crippen LogP contribution in [0.2, 0.25) is 0 Å². The van der Waals surface area contributed by atoms with E-state index in [-0.39, 0.29) is 0 Å². The molecule has 0 aliphatic carbocycles. The quantitative estimate of drug-likeness (QED) is 0.579. The van der Waals surface area contributed by atoms with Crippen LogP contribution in [-0.2, 0) is 18.4 Å². The molecule has 0 unspecified atom stereocenters. The second kappa shape index (κ2) is 5.72. The van der Waals surface area contributed by atoms with Crippen molar-refractivity contribution in [2.75, 3.05) is 42.3 Å². The van der Waals surface area contributed by atoms with Crippen molar-refractivity contribution >= 4 is 15.9 Å². The summed E-state index contributed by atoms with van der Waals surface area (Å²) in [4.78, 5) is 0. The molecule has 0 heterocycles. The molecule has 0 aromatic heterocycles. The molecule has 1 aromatic carbocycles. The van der Waals surface area contributed by atoms with Crippen LogP contribution in [-0.4, -0.2) is 51.3 Å². The fraction of sp³-hybridized carbons (Fsp3) is 0.600. The van der Waals surface area contributed by atoms with Gasteiger partial charge in [0.1, 0.15) is 13.1 Å². The summed E-state index contributed by atoms with van der Waals surface area (Å²) in [5, 5.41) is 0.933. The van der Waals surface area contributed by atoms with Crippen LogP contribution in [0.1, 0.15) is 16.7 Å². The molecule has 0 amide bonds.